The summed E-state index contributed by atoms with van der Waals surface area (Å²) in [6.45, 7) is 2.26. The molecule has 0 bridgehead atoms. The lowest BCUT2D eigenvalue weighted by atomic mass is 10.1. The van der Waals surface area contributed by atoms with E-state index in [9.17, 15) is 0 Å². The molecule has 0 saturated heterocycles. The van der Waals surface area contributed by atoms with Crippen molar-refractivity contribution in [1.29, 1.82) is 0 Å². The zero-order chi connectivity index (χ0) is 14.2. The normalized spacial score (nSPS) is 11.5. The minimum atomic E-state index is -1.59. The van der Waals surface area contributed by atoms with E-state index in [1.165, 1.54) is 70.6 Å². The second-order valence-corrected chi connectivity index (χ2v) is 6.25. The van der Waals surface area contributed by atoms with E-state index in [0.29, 0.717) is 0 Å². The molecule has 0 spiro atoms. The zero-order valence-electron chi connectivity index (χ0n) is 12.6. The summed E-state index contributed by atoms with van der Waals surface area (Å²) in [6.07, 6.45) is 17.2. The highest BCUT2D eigenvalue weighted by Gasteiger charge is 2.06. The van der Waals surface area contributed by atoms with E-state index in [4.69, 9.17) is 10.0 Å². The summed E-state index contributed by atoms with van der Waals surface area (Å²) in [5, 5.41) is 17.0. The Morgan fingerprint density at radius 2 is 1.16 bits per heavy atom. The van der Waals surface area contributed by atoms with Gasteiger partial charge in [-0.1, -0.05) is 77.6 Å². The zero-order valence-corrected chi connectivity index (χ0v) is 13.6. The van der Waals surface area contributed by atoms with Crippen molar-refractivity contribution in [3.05, 3.63) is 0 Å². The van der Waals surface area contributed by atoms with Gasteiger partial charge in [0.1, 0.15) is 0 Å². The molecule has 19 heavy (non-hydrogen) atoms. The van der Waals surface area contributed by atoms with Crippen LogP contribution in [0.3, 0.4) is 0 Å². The van der Waals surface area contributed by atoms with Crippen LogP contribution in [0.15, 0.2) is 0 Å². The monoisotopic (exact) mass is 290 g/mol. The summed E-state index contributed by atoms with van der Waals surface area (Å²) in [7, 11) is -1.36. The Morgan fingerprint density at radius 1 is 0.737 bits per heavy atom. The molecule has 114 valence electrons. The molecule has 1 atom stereocenters. The standard InChI is InChI=1S/C14H32BO3P/c1-2-3-4-5-6-7-8-9-10-11-12-13-14-19-18-15(16)17/h16-17,19H,2-14H2,1H3. The Morgan fingerprint density at radius 3 is 1.58 bits per heavy atom. The Hall–Kier alpha value is 0.375. The van der Waals surface area contributed by atoms with Crippen LogP contribution in [0.4, 0.5) is 0 Å². The summed E-state index contributed by atoms with van der Waals surface area (Å²) in [4.78, 5) is 0. The van der Waals surface area contributed by atoms with E-state index in [1.54, 1.807) is 0 Å². The van der Waals surface area contributed by atoms with Crippen LogP contribution in [0, 0.1) is 0 Å². The van der Waals surface area contributed by atoms with Crippen LogP contribution >= 0.6 is 8.81 Å². The molecule has 5 heteroatoms. The first-order valence-electron chi connectivity index (χ1n) is 8.02. The lowest BCUT2D eigenvalue weighted by Crippen LogP contribution is -2.11. The second kappa shape index (κ2) is 16.4. The van der Waals surface area contributed by atoms with Crippen LogP contribution in [-0.2, 0) is 4.44 Å². The van der Waals surface area contributed by atoms with E-state index in [2.05, 4.69) is 11.4 Å². The van der Waals surface area contributed by atoms with Crippen LogP contribution in [0.1, 0.15) is 84.0 Å². The topological polar surface area (TPSA) is 49.7 Å². The molecule has 2 N–H and O–H groups in total. The van der Waals surface area contributed by atoms with Gasteiger partial charge in [-0.2, -0.15) is 0 Å². The SMILES string of the molecule is CCCCCCCCCCCCCCPOB(O)O. The first-order chi connectivity index (χ1) is 9.27. The summed E-state index contributed by atoms with van der Waals surface area (Å²) >= 11 is 0. The highest BCUT2D eigenvalue weighted by atomic mass is 31.1. The molecule has 0 aliphatic rings. The van der Waals surface area contributed by atoms with Crippen molar-refractivity contribution in [1.82, 2.24) is 0 Å². The van der Waals surface area contributed by atoms with Crippen LogP contribution in [-0.4, -0.2) is 23.5 Å². The molecular weight excluding hydrogens is 258 g/mol. The Balaban J connectivity index is 2.91. The van der Waals surface area contributed by atoms with E-state index in [-0.39, 0.29) is 8.81 Å². The molecule has 0 rings (SSSR count). The van der Waals surface area contributed by atoms with Crippen LogP contribution in [0.5, 0.6) is 0 Å². The summed E-state index contributed by atoms with van der Waals surface area (Å²) in [5.74, 6) is 0. The Kier molecular flexibility index (Phi) is 16.8. The average Bonchev–Trinajstić information content (AvgIpc) is 2.39. The van der Waals surface area contributed by atoms with Gasteiger partial charge >= 0.3 is 7.32 Å². The van der Waals surface area contributed by atoms with Gasteiger partial charge in [0.25, 0.3) is 0 Å². The van der Waals surface area contributed by atoms with Crippen molar-refractivity contribution in [3.8, 4) is 0 Å². The lowest BCUT2D eigenvalue weighted by molar-refractivity contribution is 0.304. The molecule has 0 aliphatic carbocycles. The van der Waals surface area contributed by atoms with Gasteiger partial charge in [-0.3, -0.25) is 0 Å². The van der Waals surface area contributed by atoms with Gasteiger partial charge in [-0.05, 0) is 12.6 Å². The molecule has 0 aromatic heterocycles. The smallest absolute Gasteiger partial charge is 0.402 e. The first-order valence-corrected chi connectivity index (χ1v) is 9.13. The van der Waals surface area contributed by atoms with Crippen molar-refractivity contribution in [2.75, 3.05) is 6.16 Å². The fourth-order valence-corrected chi connectivity index (χ4v) is 2.83. The van der Waals surface area contributed by atoms with Crippen LogP contribution in [0.25, 0.3) is 0 Å². The van der Waals surface area contributed by atoms with Gasteiger partial charge in [0.15, 0.2) is 0 Å². The van der Waals surface area contributed by atoms with Gasteiger partial charge in [-0.25, -0.2) is 0 Å². The summed E-state index contributed by atoms with van der Waals surface area (Å²) in [6, 6.07) is 0. The maximum absolute atomic E-state index is 8.48. The largest absolute Gasteiger partial charge is 0.637 e. The molecule has 0 radical (unpaired) electrons. The van der Waals surface area contributed by atoms with Gasteiger partial charge < -0.3 is 14.5 Å². The molecule has 1 unspecified atom stereocenters. The quantitative estimate of drug-likeness (QED) is 0.269. The van der Waals surface area contributed by atoms with E-state index in [1.807, 2.05) is 0 Å². The number of hydrogen-bond donors (Lipinski definition) is 2. The highest BCUT2D eigenvalue weighted by molar-refractivity contribution is 7.33. The highest BCUT2D eigenvalue weighted by Crippen LogP contribution is 2.16. The van der Waals surface area contributed by atoms with Gasteiger partial charge in [0.05, 0.1) is 0 Å². The molecule has 0 aliphatic heterocycles. The van der Waals surface area contributed by atoms with Crippen LogP contribution in [0.2, 0.25) is 0 Å². The third kappa shape index (κ3) is 18.4. The average molecular weight is 290 g/mol. The molecular formula is C14H32BO3P. The molecule has 0 saturated carbocycles. The van der Waals surface area contributed by atoms with E-state index >= 15 is 0 Å². The first kappa shape index (κ1) is 19.4. The van der Waals surface area contributed by atoms with Gasteiger partial charge in [0.2, 0.25) is 0 Å². The number of hydrogen-bond acceptors (Lipinski definition) is 3. The fourth-order valence-electron chi connectivity index (χ4n) is 2.17. The molecule has 0 heterocycles. The van der Waals surface area contributed by atoms with Gasteiger partial charge in [-0.15, -0.1) is 0 Å². The predicted molar refractivity (Wildman–Crippen MR) is 85.5 cm³/mol. The molecule has 0 amide bonds. The molecule has 3 nitrogen and oxygen atoms in total. The van der Waals surface area contributed by atoms with Crippen molar-refractivity contribution >= 4 is 16.1 Å². The Labute approximate surface area is 121 Å². The van der Waals surface area contributed by atoms with Crippen LogP contribution < -0.4 is 0 Å². The number of rotatable bonds is 15. The number of unbranched alkanes of at least 4 members (excludes halogenated alkanes) is 11. The minimum absolute atomic E-state index is 0.224. The third-order valence-electron chi connectivity index (χ3n) is 3.32. The fraction of sp³-hybridized carbons (Fsp3) is 1.00. The van der Waals surface area contributed by atoms with E-state index < -0.39 is 7.32 Å². The maximum atomic E-state index is 8.48. The van der Waals surface area contributed by atoms with Crippen molar-refractivity contribution < 1.29 is 14.5 Å². The van der Waals surface area contributed by atoms with Crippen molar-refractivity contribution in [2.24, 2.45) is 0 Å². The lowest BCUT2D eigenvalue weighted by Gasteiger charge is -2.03. The minimum Gasteiger partial charge on any atom is -0.402 e. The molecule has 0 aromatic rings. The predicted octanol–water partition coefficient (Wildman–Crippen LogP) is 4.27. The maximum Gasteiger partial charge on any atom is 0.637 e. The van der Waals surface area contributed by atoms with E-state index in [0.717, 1.165) is 12.6 Å². The second-order valence-electron chi connectivity index (χ2n) is 5.23. The summed E-state index contributed by atoms with van der Waals surface area (Å²) in [5.41, 5.74) is 0. The summed E-state index contributed by atoms with van der Waals surface area (Å²) < 4.78 is 4.68. The van der Waals surface area contributed by atoms with Crippen molar-refractivity contribution in [3.63, 3.8) is 0 Å². The molecule has 0 fully saturated rings. The molecule has 0 aromatic carbocycles. The Bertz CT molecular complexity index is 171. The third-order valence-corrected chi connectivity index (χ3v) is 4.26. The van der Waals surface area contributed by atoms with Crippen molar-refractivity contribution in [2.45, 2.75) is 84.0 Å². The van der Waals surface area contributed by atoms with Gasteiger partial charge in [0, 0.05) is 8.81 Å².